The maximum atomic E-state index is 11.4. The summed E-state index contributed by atoms with van der Waals surface area (Å²) in [5, 5.41) is 17.3. The average molecular weight is 305 g/mol. The molecule has 0 fully saturated rings. The van der Waals surface area contributed by atoms with Gasteiger partial charge in [-0.15, -0.1) is 0 Å². The minimum absolute atomic E-state index is 0.393. The highest BCUT2D eigenvalue weighted by atomic mass is 32.2. The van der Waals surface area contributed by atoms with Gasteiger partial charge in [-0.2, -0.15) is 0 Å². The largest absolute Gasteiger partial charge is 0.488 e. The third-order valence-electron chi connectivity index (χ3n) is 3.22. The van der Waals surface area contributed by atoms with Gasteiger partial charge in [0.1, 0.15) is 5.37 Å². The van der Waals surface area contributed by atoms with Crippen molar-refractivity contribution >= 4 is 22.4 Å². The summed E-state index contributed by atoms with van der Waals surface area (Å²) in [4.78, 5) is 0. The average Bonchev–Trinajstić information content (AvgIpc) is 2.46. The molecule has 2 aromatic carbocycles. The van der Waals surface area contributed by atoms with E-state index in [0.29, 0.717) is 11.0 Å². The van der Waals surface area contributed by atoms with E-state index in [0.717, 1.165) is 17.4 Å². The van der Waals surface area contributed by atoms with Crippen LogP contribution >= 0.6 is 0 Å². The standard InChI is InChI=1S/C14H16BNO4S/c1-21(19,20)14(16)11-7-5-10(6-8-11)12-3-2-4-13(9-12)15(17)18/h2-9,14,17-18H,16H2,1H3. The highest BCUT2D eigenvalue weighted by molar-refractivity contribution is 7.90. The Morgan fingerprint density at radius 3 is 2.19 bits per heavy atom. The second kappa shape index (κ2) is 5.99. The van der Waals surface area contributed by atoms with Gasteiger partial charge in [-0.3, -0.25) is 0 Å². The zero-order valence-corrected chi connectivity index (χ0v) is 12.3. The van der Waals surface area contributed by atoms with Gasteiger partial charge in [0.05, 0.1) is 0 Å². The van der Waals surface area contributed by atoms with Crippen LogP contribution in [0.4, 0.5) is 0 Å². The Kier molecular flexibility index (Phi) is 4.48. The highest BCUT2D eigenvalue weighted by Crippen LogP contribution is 2.22. The van der Waals surface area contributed by atoms with Crippen LogP contribution < -0.4 is 11.2 Å². The minimum Gasteiger partial charge on any atom is -0.423 e. The molecule has 0 bridgehead atoms. The van der Waals surface area contributed by atoms with Crippen molar-refractivity contribution in [2.45, 2.75) is 5.37 Å². The zero-order chi connectivity index (χ0) is 15.6. The van der Waals surface area contributed by atoms with Crippen LogP contribution in [0.1, 0.15) is 10.9 Å². The lowest BCUT2D eigenvalue weighted by atomic mass is 9.79. The van der Waals surface area contributed by atoms with E-state index in [9.17, 15) is 18.5 Å². The van der Waals surface area contributed by atoms with E-state index in [1.165, 1.54) is 0 Å². The molecule has 2 rings (SSSR count). The van der Waals surface area contributed by atoms with Crippen LogP contribution in [0.5, 0.6) is 0 Å². The molecule has 1 atom stereocenters. The van der Waals surface area contributed by atoms with Gasteiger partial charge in [0.2, 0.25) is 0 Å². The first-order chi connectivity index (χ1) is 9.79. The molecule has 0 radical (unpaired) electrons. The molecule has 1 unspecified atom stereocenters. The predicted octanol–water partition coefficient (Wildman–Crippen LogP) is 0.0353. The van der Waals surface area contributed by atoms with Crippen molar-refractivity contribution < 1.29 is 18.5 Å². The Hall–Kier alpha value is -1.67. The van der Waals surface area contributed by atoms with Crippen molar-refractivity contribution in [1.82, 2.24) is 0 Å². The third-order valence-corrected chi connectivity index (χ3v) is 4.41. The normalized spacial score (nSPS) is 13.0. The van der Waals surface area contributed by atoms with Gasteiger partial charge in [-0.25, -0.2) is 8.42 Å². The number of rotatable bonds is 4. The Bertz CT molecular complexity index is 729. The first kappa shape index (κ1) is 15.7. The molecule has 0 heterocycles. The molecule has 0 aromatic heterocycles. The number of nitrogens with two attached hydrogens (primary N) is 1. The third kappa shape index (κ3) is 3.71. The summed E-state index contributed by atoms with van der Waals surface area (Å²) in [6, 6.07) is 13.6. The Balaban J connectivity index is 2.33. The first-order valence-corrected chi connectivity index (χ1v) is 8.25. The summed E-state index contributed by atoms with van der Waals surface area (Å²) in [6.07, 6.45) is 1.09. The van der Waals surface area contributed by atoms with E-state index in [1.54, 1.807) is 42.5 Å². The van der Waals surface area contributed by atoms with Crippen molar-refractivity contribution in [3.8, 4) is 11.1 Å². The molecule has 7 heteroatoms. The molecule has 21 heavy (non-hydrogen) atoms. The number of benzene rings is 2. The highest BCUT2D eigenvalue weighted by Gasteiger charge is 2.17. The summed E-state index contributed by atoms with van der Waals surface area (Å²) in [6.45, 7) is 0. The van der Waals surface area contributed by atoms with Crippen LogP contribution in [0, 0.1) is 0 Å². The van der Waals surface area contributed by atoms with Gasteiger partial charge in [-0.05, 0) is 22.2 Å². The van der Waals surface area contributed by atoms with Crippen LogP contribution in [0.3, 0.4) is 0 Å². The van der Waals surface area contributed by atoms with Crippen molar-refractivity contribution in [3.05, 3.63) is 54.1 Å². The van der Waals surface area contributed by atoms with Crippen LogP contribution in [0.15, 0.2) is 48.5 Å². The molecule has 0 aliphatic rings. The fourth-order valence-corrected chi connectivity index (χ4v) is 2.64. The van der Waals surface area contributed by atoms with Crippen molar-refractivity contribution in [3.63, 3.8) is 0 Å². The topological polar surface area (TPSA) is 101 Å². The quantitative estimate of drug-likeness (QED) is 0.692. The summed E-state index contributed by atoms with van der Waals surface area (Å²) in [7, 11) is -4.86. The van der Waals surface area contributed by atoms with Gasteiger partial charge in [0, 0.05) is 6.26 Å². The molecule has 0 aliphatic heterocycles. The van der Waals surface area contributed by atoms with Gasteiger partial charge < -0.3 is 15.8 Å². The molecule has 0 amide bonds. The maximum absolute atomic E-state index is 11.4. The van der Waals surface area contributed by atoms with E-state index >= 15 is 0 Å². The van der Waals surface area contributed by atoms with E-state index < -0.39 is 22.3 Å². The van der Waals surface area contributed by atoms with Gasteiger partial charge in [0.25, 0.3) is 0 Å². The van der Waals surface area contributed by atoms with Gasteiger partial charge in [0.15, 0.2) is 9.84 Å². The lowest BCUT2D eigenvalue weighted by molar-refractivity contribution is 0.426. The lowest BCUT2D eigenvalue weighted by Gasteiger charge is -2.11. The van der Waals surface area contributed by atoms with E-state index in [-0.39, 0.29) is 0 Å². The molecule has 0 saturated heterocycles. The SMILES string of the molecule is CS(=O)(=O)C(N)c1ccc(-c2cccc(B(O)O)c2)cc1. The number of sulfone groups is 1. The van der Waals surface area contributed by atoms with Crippen LogP contribution in [0.2, 0.25) is 0 Å². The smallest absolute Gasteiger partial charge is 0.423 e. The fourth-order valence-electron chi connectivity index (χ4n) is 1.99. The number of hydrogen-bond donors (Lipinski definition) is 3. The van der Waals surface area contributed by atoms with Gasteiger partial charge >= 0.3 is 7.12 Å². The van der Waals surface area contributed by atoms with E-state index in [2.05, 4.69) is 0 Å². The van der Waals surface area contributed by atoms with Crippen LogP contribution in [-0.2, 0) is 9.84 Å². The predicted molar refractivity (Wildman–Crippen MR) is 83.5 cm³/mol. The summed E-state index contributed by atoms with van der Waals surface area (Å²) in [5.41, 5.74) is 8.22. The Labute approximate surface area is 124 Å². The Morgan fingerprint density at radius 2 is 1.67 bits per heavy atom. The fraction of sp³-hybridized carbons (Fsp3) is 0.143. The Morgan fingerprint density at radius 1 is 1.05 bits per heavy atom. The molecule has 0 spiro atoms. The minimum atomic E-state index is -3.34. The zero-order valence-electron chi connectivity index (χ0n) is 11.5. The molecule has 5 nitrogen and oxygen atoms in total. The second-order valence-corrected chi connectivity index (χ2v) is 7.04. The molecule has 0 saturated carbocycles. The molecule has 4 N–H and O–H groups in total. The van der Waals surface area contributed by atoms with E-state index in [4.69, 9.17) is 5.73 Å². The van der Waals surface area contributed by atoms with Gasteiger partial charge in [-0.1, -0.05) is 48.5 Å². The molecular weight excluding hydrogens is 289 g/mol. The summed E-state index contributed by atoms with van der Waals surface area (Å²) >= 11 is 0. The summed E-state index contributed by atoms with van der Waals surface area (Å²) < 4.78 is 22.9. The monoisotopic (exact) mass is 305 g/mol. The molecular formula is C14H16BNO4S. The number of hydrogen-bond acceptors (Lipinski definition) is 5. The van der Waals surface area contributed by atoms with Crippen molar-refractivity contribution in [2.75, 3.05) is 6.26 Å². The van der Waals surface area contributed by atoms with Crippen molar-refractivity contribution in [1.29, 1.82) is 0 Å². The molecule has 110 valence electrons. The van der Waals surface area contributed by atoms with Crippen LogP contribution in [0.25, 0.3) is 11.1 Å². The first-order valence-electron chi connectivity index (χ1n) is 6.30. The van der Waals surface area contributed by atoms with Crippen LogP contribution in [-0.4, -0.2) is 31.8 Å². The molecule has 2 aromatic rings. The lowest BCUT2D eigenvalue weighted by Crippen LogP contribution is -2.29. The second-order valence-electron chi connectivity index (χ2n) is 4.87. The maximum Gasteiger partial charge on any atom is 0.488 e. The van der Waals surface area contributed by atoms with Crippen molar-refractivity contribution in [2.24, 2.45) is 5.73 Å². The summed E-state index contributed by atoms with van der Waals surface area (Å²) in [5.74, 6) is 0. The van der Waals surface area contributed by atoms with E-state index in [1.807, 2.05) is 6.07 Å². The molecule has 0 aliphatic carbocycles.